The average molecular weight is 315 g/mol. The van der Waals surface area contributed by atoms with E-state index in [1.165, 1.54) is 6.07 Å². The molecule has 0 aliphatic heterocycles. The molecular weight excluding hydrogens is 306 g/mol. The Balaban J connectivity index is 2.23. The molecule has 0 saturated heterocycles. The normalized spacial score (nSPS) is 10.8. The second kappa shape index (κ2) is 5.02. The first-order chi connectivity index (χ1) is 10.9. The largest absolute Gasteiger partial charge is 0.504 e. The molecule has 3 N–H and O–H groups in total. The summed E-state index contributed by atoms with van der Waals surface area (Å²) in [5, 5.41) is 39.3. The van der Waals surface area contributed by atoms with Crippen molar-refractivity contribution in [2.45, 2.75) is 0 Å². The van der Waals surface area contributed by atoms with E-state index in [1.54, 1.807) is 0 Å². The summed E-state index contributed by atoms with van der Waals surface area (Å²) in [6.45, 7) is 0. The summed E-state index contributed by atoms with van der Waals surface area (Å²) < 4.78 is 5.24. The quantitative estimate of drug-likeness (QED) is 0.375. The van der Waals surface area contributed by atoms with Gasteiger partial charge in [-0.05, 0) is 23.8 Å². The number of benzene rings is 2. The molecule has 116 valence electrons. The minimum absolute atomic E-state index is 0.0237. The van der Waals surface area contributed by atoms with Gasteiger partial charge in [-0.2, -0.15) is 0 Å². The van der Waals surface area contributed by atoms with Gasteiger partial charge in [0.1, 0.15) is 11.8 Å². The Morgan fingerprint density at radius 2 is 1.70 bits per heavy atom. The molecule has 3 aromatic rings. The lowest BCUT2D eigenvalue weighted by Crippen LogP contribution is -2.04. The van der Waals surface area contributed by atoms with Gasteiger partial charge < -0.3 is 19.7 Å². The topological polar surface area (TPSA) is 134 Å². The van der Waals surface area contributed by atoms with Gasteiger partial charge in [0.15, 0.2) is 17.2 Å². The number of hydrogen-bond donors (Lipinski definition) is 3. The number of phenolic OH excluding ortho intramolecular Hbond substituents is 3. The van der Waals surface area contributed by atoms with Crippen molar-refractivity contribution in [3.05, 3.63) is 56.9 Å². The minimum Gasteiger partial charge on any atom is -0.504 e. The van der Waals surface area contributed by atoms with Gasteiger partial charge in [-0.15, -0.1) is 0 Å². The third-order valence-electron chi connectivity index (χ3n) is 3.35. The molecule has 1 heterocycles. The number of aromatic hydroxyl groups is 3. The molecule has 0 atom stereocenters. The highest BCUT2D eigenvalue weighted by Crippen LogP contribution is 2.33. The van der Waals surface area contributed by atoms with Crippen molar-refractivity contribution in [3.8, 4) is 28.4 Å². The molecule has 3 rings (SSSR count). The first kappa shape index (κ1) is 14.4. The highest BCUT2D eigenvalue weighted by atomic mass is 16.6. The van der Waals surface area contributed by atoms with E-state index in [9.17, 15) is 30.2 Å². The Bertz CT molecular complexity index is 1010. The van der Waals surface area contributed by atoms with Crippen LogP contribution in [0.25, 0.3) is 22.1 Å². The van der Waals surface area contributed by atoms with E-state index in [1.807, 2.05) is 0 Å². The zero-order valence-electron chi connectivity index (χ0n) is 11.4. The molecule has 0 fully saturated rings. The third-order valence-corrected chi connectivity index (χ3v) is 3.35. The van der Waals surface area contributed by atoms with E-state index in [2.05, 4.69) is 0 Å². The van der Waals surface area contributed by atoms with Crippen molar-refractivity contribution in [2.75, 3.05) is 0 Å². The summed E-state index contributed by atoms with van der Waals surface area (Å²) in [5.41, 5.74) is -0.666. The van der Waals surface area contributed by atoms with Crippen molar-refractivity contribution in [1.29, 1.82) is 0 Å². The Labute approximate surface area is 127 Å². The lowest BCUT2D eigenvalue weighted by molar-refractivity contribution is -0.385. The van der Waals surface area contributed by atoms with E-state index in [-0.39, 0.29) is 22.1 Å². The van der Waals surface area contributed by atoms with Crippen molar-refractivity contribution < 1.29 is 24.7 Å². The number of nitro groups is 1. The van der Waals surface area contributed by atoms with Crippen LogP contribution in [0.4, 0.5) is 5.69 Å². The molecule has 1 aromatic heterocycles. The molecular formula is C15H9NO7. The lowest BCUT2D eigenvalue weighted by atomic mass is 10.0. The highest BCUT2D eigenvalue weighted by molar-refractivity contribution is 5.84. The van der Waals surface area contributed by atoms with Crippen LogP contribution in [0.5, 0.6) is 17.2 Å². The van der Waals surface area contributed by atoms with Crippen LogP contribution in [0.1, 0.15) is 0 Å². The Hall–Kier alpha value is -3.55. The van der Waals surface area contributed by atoms with Crippen LogP contribution in [-0.2, 0) is 0 Å². The Morgan fingerprint density at radius 3 is 2.35 bits per heavy atom. The molecule has 0 saturated carbocycles. The molecule has 0 amide bonds. The molecule has 0 aliphatic carbocycles. The summed E-state index contributed by atoms with van der Waals surface area (Å²) >= 11 is 0. The average Bonchev–Trinajstić information content (AvgIpc) is 2.49. The maximum absolute atomic E-state index is 12.5. The van der Waals surface area contributed by atoms with Crippen molar-refractivity contribution >= 4 is 16.7 Å². The predicted octanol–water partition coefficient (Wildman–Crippen LogP) is 2.49. The first-order valence-corrected chi connectivity index (χ1v) is 6.33. The molecule has 2 aromatic carbocycles. The fourth-order valence-corrected chi connectivity index (χ4v) is 2.20. The van der Waals surface area contributed by atoms with Crippen LogP contribution in [0.2, 0.25) is 0 Å². The van der Waals surface area contributed by atoms with Gasteiger partial charge in [0.2, 0.25) is 5.43 Å². The van der Waals surface area contributed by atoms with Gasteiger partial charge in [0.25, 0.3) is 0 Å². The first-order valence-electron chi connectivity index (χ1n) is 6.33. The maximum Gasteiger partial charge on any atom is 0.310 e. The third kappa shape index (κ3) is 2.31. The lowest BCUT2D eigenvalue weighted by Gasteiger charge is -2.05. The van der Waals surface area contributed by atoms with Gasteiger partial charge in [0, 0.05) is 12.1 Å². The van der Waals surface area contributed by atoms with Crippen LogP contribution in [0.15, 0.2) is 45.8 Å². The van der Waals surface area contributed by atoms with Crippen LogP contribution >= 0.6 is 0 Å². The summed E-state index contributed by atoms with van der Waals surface area (Å²) in [6.07, 6.45) is 1.11. The van der Waals surface area contributed by atoms with E-state index >= 15 is 0 Å². The van der Waals surface area contributed by atoms with Gasteiger partial charge in [-0.1, -0.05) is 0 Å². The predicted molar refractivity (Wildman–Crippen MR) is 79.6 cm³/mol. The SMILES string of the molecule is O=c1c(-c2ccc([N+](=O)[O-])c(O)c2)coc2cc(O)c(O)cc12. The maximum atomic E-state index is 12.5. The van der Waals surface area contributed by atoms with E-state index in [0.29, 0.717) is 0 Å². The van der Waals surface area contributed by atoms with Crippen LogP contribution < -0.4 is 5.43 Å². The van der Waals surface area contributed by atoms with Gasteiger partial charge in [-0.25, -0.2) is 0 Å². The monoisotopic (exact) mass is 315 g/mol. The fraction of sp³-hybridized carbons (Fsp3) is 0. The molecule has 23 heavy (non-hydrogen) atoms. The second-order valence-corrected chi connectivity index (χ2v) is 4.78. The molecule has 0 unspecified atom stereocenters. The number of rotatable bonds is 2. The molecule has 8 heteroatoms. The van der Waals surface area contributed by atoms with Gasteiger partial charge in [-0.3, -0.25) is 14.9 Å². The van der Waals surface area contributed by atoms with Gasteiger partial charge in [0.05, 0.1) is 15.9 Å². The fourth-order valence-electron chi connectivity index (χ4n) is 2.20. The molecule has 0 aliphatic rings. The molecule has 0 bridgehead atoms. The molecule has 8 nitrogen and oxygen atoms in total. The smallest absolute Gasteiger partial charge is 0.310 e. The summed E-state index contributed by atoms with van der Waals surface area (Å²) in [5.74, 6) is -1.49. The van der Waals surface area contributed by atoms with E-state index in [0.717, 1.165) is 30.5 Å². The Morgan fingerprint density at radius 1 is 1.00 bits per heavy atom. The second-order valence-electron chi connectivity index (χ2n) is 4.78. The van der Waals surface area contributed by atoms with Gasteiger partial charge >= 0.3 is 5.69 Å². The minimum atomic E-state index is -0.747. The number of nitro benzene ring substituents is 1. The van der Waals surface area contributed by atoms with Crippen molar-refractivity contribution in [1.82, 2.24) is 0 Å². The Kier molecular flexibility index (Phi) is 3.14. The molecule has 0 spiro atoms. The van der Waals surface area contributed by atoms with Crippen molar-refractivity contribution in [2.24, 2.45) is 0 Å². The summed E-state index contributed by atoms with van der Waals surface area (Å²) in [4.78, 5) is 22.4. The van der Waals surface area contributed by atoms with Crippen LogP contribution in [0.3, 0.4) is 0 Å². The zero-order valence-corrected chi connectivity index (χ0v) is 11.4. The van der Waals surface area contributed by atoms with E-state index < -0.39 is 33.3 Å². The van der Waals surface area contributed by atoms with Crippen LogP contribution in [-0.4, -0.2) is 20.2 Å². The number of phenols is 3. The highest BCUT2D eigenvalue weighted by Gasteiger charge is 2.17. The number of hydrogen-bond acceptors (Lipinski definition) is 7. The van der Waals surface area contributed by atoms with Crippen molar-refractivity contribution in [3.63, 3.8) is 0 Å². The zero-order chi connectivity index (χ0) is 16.7. The molecule has 0 radical (unpaired) electrons. The van der Waals surface area contributed by atoms with Crippen LogP contribution in [0, 0.1) is 10.1 Å². The standard InChI is InChI=1S/C15H9NO7/c17-11-3-7(1-2-10(11)16(21)22)9-6-23-14-5-13(19)12(18)4-8(14)15(9)20/h1-6,17-19H. The summed E-state index contributed by atoms with van der Waals surface area (Å²) in [7, 11) is 0. The summed E-state index contributed by atoms with van der Waals surface area (Å²) in [6, 6.07) is 5.61. The number of fused-ring (bicyclic) bond motifs is 1. The number of nitrogens with zero attached hydrogens (tertiary/aromatic N) is 1. The van der Waals surface area contributed by atoms with E-state index in [4.69, 9.17) is 4.42 Å².